The van der Waals surface area contributed by atoms with E-state index in [1.807, 2.05) is 20.8 Å². The van der Waals surface area contributed by atoms with Crippen molar-refractivity contribution in [3.63, 3.8) is 0 Å². The summed E-state index contributed by atoms with van der Waals surface area (Å²) in [5.41, 5.74) is -0.317. The van der Waals surface area contributed by atoms with Crippen molar-refractivity contribution in [3.05, 3.63) is 0 Å². The van der Waals surface area contributed by atoms with Gasteiger partial charge >= 0.3 is 0 Å². The van der Waals surface area contributed by atoms with Crippen molar-refractivity contribution in [2.45, 2.75) is 71.6 Å². The van der Waals surface area contributed by atoms with Gasteiger partial charge in [-0.25, -0.2) is 0 Å². The van der Waals surface area contributed by atoms with Crippen LogP contribution in [0, 0.1) is 0 Å². The summed E-state index contributed by atoms with van der Waals surface area (Å²) in [7, 11) is 1.75. The summed E-state index contributed by atoms with van der Waals surface area (Å²) in [6.07, 6.45) is 2.26. The third-order valence-corrected chi connectivity index (χ3v) is 3.40. The Kier molecular flexibility index (Phi) is 9.56. The average Bonchev–Trinajstić information content (AvgIpc) is 2.37. The Morgan fingerprint density at radius 3 is 2.12 bits per heavy atom. The second-order valence-electron chi connectivity index (χ2n) is 8.12. The van der Waals surface area contributed by atoms with Crippen LogP contribution < -0.4 is 10.6 Å². The molecule has 1 saturated heterocycles. The number of hydrogen-bond acceptors (Lipinski definition) is 3. The van der Waals surface area contributed by atoms with Gasteiger partial charge in [-0.05, 0) is 54.4 Å². The summed E-state index contributed by atoms with van der Waals surface area (Å²) < 4.78 is 6.04. The number of aliphatic imine (C=N–C) groups is 1. The first-order chi connectivity index (χ1) is 10.5. The number of nitrogens with zero attached hydrogens (tertiary/aromatic N) is 2. The van der Waals surface area contributed by atoms with E-state index < -0.39 is 0 Å². The summed E-state index contributed by atoms with van der Waals surface area (Å²) in [5.74, 6) is 0.757. The number of amides is 1. The Labute approximate surface area is 164 Å². The molecule has 1 amide bonds. The number of ether oxygens (including phenoxy) is 1. The standard InChI is InChI=1S/C17H34N4O2.HI/c1-16(2,3)20-14(22)12-19-15(18-7)21-10-8-13(9-11-21)23-17(4,5)6;/h13H,8-12H2,1-7H3,(H,18,19)(H,20,22);1H. The van der Waals surface area contributed by atoms with Crippen molar-refractivity contribution < 1.29 is 9.53 Å². The highest BCUT2D eigenvalue weighted by molar-refractivity contribution is 14.0. The number of halogens is 1. The van der Waals surface area contributed by atoms with Crippen molar-refractivity contribution in [1.29, 1.82) is 0 Å². The molecule has 0 radical (unpaired) electrons. The molecule has 1 aliphatic rings. The van der Waals surface area contributed by atoms with Crippen molar-refractivity contribution in [3.8, 4) is 0 Å². The molecule has 0 aromatic rings. The number of carbonyl (C=O) groups is 1. The molecule has 0 atom stereocenters. The maximum absolute atomic E-state index is 11.9. The van der Waals surface area contributed by atoms with Crippen LogP contribution in [0.3, 0.4) is 0 Å². The number of rotatable bonds is 3. The Morgan fingerprint density at radius 2 is 1.71 bits per heavy atom. The van der Waals surface area contributed by atoms with Gasteiger partial charge in [0.15, 0.2) is 5.96 Å². The van der Waals surface area contributed by atoms with E-state index in [2.05, 4.69) is 41.3 Å². The maximum atomic E-state index is 11.9. The molecule has 0 aliphatic carbocycles. The van der Waals surface area contributed by atoms with Gasteiger partial charge in [-0.3, -0.25) is 9.79 Å². The first-order valence-electron chi connectivity index (χ1n) is 8.44. The minimum absolute atomic E-state index is 0. The zero-order valence-electron chi connectivity index (χ0n) is 16.2. The number of carbonyl (C=O) groups excluding carboxylic acids is 1. The van der Waals surface area contributed by atoms with E-state index in [-0.39, 0.29) is 47.6 Å². The van der Waals surface area contributed by atoms with Crippen molar-refractivity contribution >= 4 is 35.8 Å². The quantitative estimate of drug-likeness (QED) is 0.391. The minimum Gasteiger partial charge on any atom is -0.372 e. The fraction of sp³-hybridized carbons (Fsp3) is 0.882. The monoisotopic (exact) mass is 454 g/mol. The van der Waals surface area contributed by atoms with Gasteiger partial charge < -0.3 is 20.3 Å². The van der Waals surface area contributed by atoms with Gasteiger partial charge in [-0.15, -0.1) is 24.0 Å². The van der Waals surface area contributed by atoms with Crippen LogP contribution in [0.25, 0.3) is 0 Å². The minimum atomic E-state index is -0.217. The zero-order valence-corrected chi connectivity index (χ0v) is 18.6. The summed E-state index contributed by atoms with van der Waals surface area (Å²) in [6, 6.07) is 0. The number of piperidine rings is 1. The first-order valence-corrected chi connectivity index (χ1v) is 8.44. The molecule has 1 heterocycles. The molecule has 2 N–H and O–H groups in total. The van der Waals surface area contributed by atoms with Crippen LogP contribution in [0.4, 0.5) is 0 Å². The van der Waals surface area contributed by atoms with Gasteiger partial charge in [-0.2, -0.15) is 0 Å². The normalized spacial score (nSPS) is 17.3. The average molecular weight is 454 g/mol. The predicted octanol–water partition coefficient (Wildman–Crippen LogP) is 2.37. The molecule has 142 valence electrons. The molecule has 1 rings (SSSR count). The van der Waals surface area contributed by atoms with Crippen molar-refractivity contribution in [2.24, 2.45) is 4.99 Å². The molecule has 0 saturated carbocycles. The highest BCUT2D eigenvalue weighted by Crippen LogP contribution is 2.20. The first kappa shape index (κ1) is 23.4. The van der Waals surface area contributed by atoms with Gasteiger partial charge in [-0.1, -0.05) is 0 Å². The van der Waals surface area contributed by atoms with E-state index >= 15 is 0 Å². The lowest BCUT2D eigenvalue weighted by atomic mass is 10.1. The molecular weight excluding hydrogens is 419 g/mol. The second-order valence-corrected chi connectivity index (χ2v) is 8.12. The van der Waals surface area contributed by atoms with Crippen LogP contribution in [-0.2, 0) is 9.53 Å². The molecule has 0 aromatic heterocycles. The van der Waals surface area contributed by atoms with E-state index in [0.29, 0.717) is 6.10 Å². The molecule has 0 bridgehead atoms. The highest BCUT2D eigenvalue weighted by Gasteiger charge is 2.25. The summed E-state index contributed by atoms with van der Waals surface area (Å²) in [5, 5.41) is 6.09. The van der Waals surface area contributed by atoms with Crippen LogP contribution in [-0.4, -0.2) is 60.7 Å². The molecule has 1 fully saturated rings. The number of guanidine groups is 1. The van der Waals surface area contributed by atoms with Gasteiger partial charge in [0.2, 0.25) is 5.91 Å². The fourth-order valence-electron chi connectivity index (χ4n) is 2.64. The van der Waals surface area contributed by atoms with Crippen LogP contribution in [0.15, 0.2) is 4.99 Å². The Morgan fingerprint density at radius 1 is 1.17 bits per heavy atom. The molecule has 0 spiro atoms. The van der Waals surface area contributed by atoms with Crippen LogP contribution in [0.5, 0.6) is 0 Å². The predicted molar refractivity (Wildman–Crippen MR) is 110 cm³/mol. The van der Waals surface area contributed by atoms with Crippen LogP contribution in [0.2, 0.25) is 0 Å². The van der Waals surface area contributed by atoms with Crippen molar-refractivity contribution in [2.75, 3.05) is 26.7 Å². The molecule has 0 aromatic carbocycles. The lowest BCUT2D eigenvalue weighted by Crippen LogP contribution is -2.51. The molecular formula is C17H35IN4O2. The van der Waals surface area contributed by atoms with Gasteiger partial charge in [0.1, 0.15) is 0 Å². The Bertz CT molecular complexity index is 419. The van der Waals surface area contributed by atoms with Gasteiger partial charge in [0.05, 0.1) is 18.2 Å². The Hall–Kier alpha value is -0.570. The van der Waals surface area contributed by atoms with E-state index in [9.17, 15) is 4.79 Å². The molecule has 1 aliphatic heterocycles. The largest absolute Gasteiger partial charge is 0.372 e. The number of hydrogen-bond donors (Lipinski definition) is 2. The lowest BCUT2D eigenvalue weighted by molar-refractivity contribution is -0.121. The zero-order chi connectivity index (χ0) is 17.7. The topological polar surface area (TPSA) is 66.0 Å². The van der Waals surface area contributed by atoms with Crippen molar-refractivity contribution in [1.82, 2.24) is 15.5 Å². The number of likely N-dealkylation sites (tertiary alicyclic amines) is 1. The summed E-state index contributed by atoms with van der Waals surface area (Å²) >= 11 is 0. The third-order valence-electron chi connectivity index (χ3n) is 3.40. The summed E-state index contributed by atoms with van der Waals surface area (Å²) in [6.45, 7) is 14.2. The van der Waals surface area contributed by atoms with E-state index in [0.717, 1.165) is 31.9 Å². The van der Waals surface area contributed by atoms with Gasteiger partial charge in [0.25, 0.3) is 0 Å². The fourth-order valence-corrected chi connectivity index (χ4v) is 2.64. The second kappa shape index (κ2) is 9.79. The smallest absolute Gasteiger partial charge is 0.239 e. The Balaban J connectivity index is 0.00000529. The summed E-state index contributed by atoms with van der Waals surface area (Å²) in [4.78, 5) is 18.4. The lowest BCUT2D eigenvalue weighted by Gasteiger charge is -2.36. The van der Waals surface area contributed by atoms with Gasteiger partial charge in [0, 0.05) is 25.7 Å². The van der Waals surface area contributed by atoms with E-state index in [1.54, 1.807) is 7.05 Å². The van der Waals surface area contributed by atoms with Crippen LogP contribution in [0.1, 0.15) is 54.4 Å². The SMILES string of the molecule is CN=C(NCC(=O)NC(C)(C)C)N1CCC(OC(C)(C)C)CC1.I. The molecule has 0 unspecified atom stereocenters. The van der Waals surface area contributed by atoms with E-state index in [4.69, 9.17) is 4.74 Å². The molecule has 6 nitrogen and oxygen atoms in total. The molecule has 7 heteroatoms. The number of nitrogens with one attached hydrogen (secondary N) is 2. The maximum Gasteiger partial charge on any atom is 0.239 e. The van der Waals surface area contributed by atoms with Crippen LogP contribution >= 0.6 is 24.0 Å². The molecule has 24 heavy (non-hydrogen) atoms. The van der Waals surface area contributed by atoms with E-state index in [1.165, 1.54) is 0 Å². The highest BCUT2D eigenvalue weighted by atomic mass is 127. The third kappa shape index (κ3) is 9.66.